The summed E-state index contributed by atoms with van der Waals surface area (Å²) in [4.78, 5) is 20.7. The largest absolute Gasteiger partial charge is 0.489 e. The molecule has 5 nitrogen and oxygen atoms in total. The van der Waals surface area contributed by atoms with E-state index in [1.165, 1.54) is 0 Å². The van der Waals surface area contributed by atoms with Crippen molar-refractivity contribution in [2.45, 2.75) is 20.0 Å². The summed E-state index contributed by atoms with van der Waals surface area (Å²) >= 11 is 0. The number of benzene rings is 1. The molecule has 1 aromatic heterocycles. The number of carbonyl (C=O) groups is 1. The van der Waals surface area contributed by atoms with E-state index < -0.39 is 0 Å². The molecular formula is C19H23N3O2. The first-order valence-electron chi connectivity index (χ1n) is 8.35. The maximum atomic E-state index is 12.5. The summed E-state index contributed by atoms with van der Waals surface area (Å²) in [6.07, 6.45) is 3.44. The van der Waals surface area contributed by atoms with E-state index in [1.54, 1.807) is 18.5 Å². The Morgan fingerprint density at radius 1 is 1.08 bits per heavy atom. The fourth-order valence-electron chi connectivity index (χ4n) is 2.89. The van der Waals surface area contributed by atoms with Crippen molar-refractivity contribution in [3.63, 3.8) is 0 Å². The molecule has 1 fully saturated rings. The molecule has 0 radical (unpaired) electrons. The molecule has 5 heteroatoms. The molecule has 0 atom stereocenters. The van der Waals surface area contributed by atoms with E-state index in [4.69, 9.17) is 4.74 Å². The lowest BCUT2D eigenvalue weighted by molar-refractivity contribution is 0.0746. The molecule has 2 aromatic rings. The van der Waals surface area contributed by atoms with E-state index in [2.05, 4.69) is 16.0 Å². The van der Waals surface area contributed by atoms with Gasteiger partial charge in [-0.2, -0.15) is 0 Å². The minimum absolute atomic E-state index is 0.0504. The molecular weight excluding hydrogens is 302 g/mol. The standard InChI is InChI=1S/C19H23N3O2/c1-15(2)24-18-8-4-3-7-17(18)21-10-12-22(13-11-21)19(23)16-6-5-9-20-14-16/h3-9,14-15H,10-13H2,1-2H3. The number of anilines is 1. The maximum Gasteiger partial charge on any atom is 0.255 e. The summed E-state index contributed by atoms with van der Waals surface area (Å²) in [7, 11) is 0. The van der Waals surface area contributed by atoms with Crippen LogP contribution in [0.5, 0.6) is 5.75 Å². The van der Waals surface area contributed by atoms with E-state index in [1.807, 2.05) is 43.0 Å². The molecule has 2 heterocycles. The molecule has 0 aliphatic carbocycles. The van der Waals surface area contributed by atoms with Crippen LogP contribution in [0.2, 0.25) is 0 Å². The Bertz CT molecular complexity index is 680. The highest BCUT2D eigenvalue weighted by molar-refractivity contribution is 5.94. The Morgan fingerprint density at radius 2 is 1.83 bits per heavy atom. The number of carbonyl (C=O) groups excluding carboxylic acids is 1. The molecule has 126 valence electrons. The highest BCUT2D eigenvalue weighted by Gasteiger charge is 2.23. The molecule has 0 N–H and O–H groups in total. The molecule has 0 spiro atoms. The number of para-hydroxylation sites is 2. The fraction of sp³-hybridized carbons (Fsp3) is 0.368. The molecule has 1 aliphatic heterocycles. The first kappa shape index (κ1) is 16.3. The molecule has 3 rings (SSSR count). The third-order valence-corrected chi connectivity index (χ3v) is 4.04. The lowest BCUT2D eigenvalue weighted by atomic mass is 10.2. The van der Waals surface area contributed by atoms with E-state index in [9.17, 15) is 4.79 Å². The second-order valence-electron chi connectivity index (χ2n) is 6.16. The fourth-order valence-corrected chi connectivity index (χ4v) is 2.89. The van der Waals surface area contributed by atoms with Gasteiger partial charge in [-0.05, 0) is 38.1 Å². The first-order chi connectivity index (χ1) is 11.6. The smallest absolute Gasteiger partial charge is 0.255 e. The first-order valence-corrected chi connectivity index (χ1v) is 8.35. The number of pyridine rings is 1. The Balaban J connectivity index is 1.66. The summed E-state index contributed by atoms with van der Waals surface area (Å²) in [6, 6.07) is 11.7. The van der Waals surface area contributed by atoms with E-state index in [0.29, 0.717) is 18.7 Å². The van der Waals surface area contributed by atoms with E-state index in [0.717, 1.165) is 24.5 Å². The molecule has 1 aromatic carbocycles. The predicted molar refractivity (Wildman–Crippen MR) is 94.6 cm³/mol. The van der Waals surface area contributed by atoms with Gasteiger partial charge in [-0.1, -0.05) is 12.1 Å². The van der Waals surface area contributed by atoms with E-state index in [-0.39, 0.29) is 12.0 Å². The maximum absolute atomic E-state index is 12.5. The predicted octanol–water partition coefficient (Wildman–Crippen LogP) is 2.83. The molecule has 24 heavy (non-hydrogen) atoms. The summed E-state index contributed by atoms with van der Waals surface area (Å²) in [5.74, 6) is 0.953. The highest BCUT2D eigenvalue weighted by Crippen LogP contribution is 2.29. The van der Waals surface area contributed by atoms with Gasteiger partial charge in [0.1, 0.15) is 5.75 Å². The Kier molecular flexibility index (Phi) is 4.99. The van der Waals surface area contributed by atoms with Crippen molar-refractivity contribution in [1.29, 1.82) is 0 Å². The van der Waals surface area contributed by atoms with Crippen molar-refractivity contribution in [1.82, 2.24) is 9.88 Å². The van der Waals surface area contributed by atoms with Crippen LogP contribution >= 0.6 is 0 Å². The average molecular weight is 325 g/mol. The summed E-state index contributed by atoms with van der Waals surface area (Å²) in [6.45, 7) is 7.05. The summed E-state index contributed by atoms with van der Waals surface area (Å²) in [5, 5.41) is 0. The van der Waals surface area contributed by atoms with Crippen molar-refractivity contribution in [3.05, 3.63) is 54.4 Å². The average Bonchev–Trinajstić information content (AvgIpc) is 2.62. The molecule has 1 aliphatic rings. The zero-order valence-electron chi connectivity index (χ0n) is 14.2. The van der Waals surface area contributed by atoms with Gasteiger partial charge in [0.05, 0.1) is 17.4 Å². The third-order valence-electron chi connectivity index (χ3n) is 4.04. The van der Waals surface area contributed by atoms with Crippen molar-refractivity contribution >= 4 is 11.6 Å². The quantitative estimate of drug-likeness (QED) is 0.867. The monoisotopic (exact) mass is 325 g/mol. The minimum atomic E-state index is 0.0504. The second-order valence-corrected chi connectivity index (χ2v) is 6.16. The number of nitrogens with zero attached hydrogens (tertiary/aromatic N) is 3. The van der Waals surface area contributed by atoms with Crippen LogP contribution in [0.25, 0.3) is 0 Å². The van der Waals surface area contributed by atoms with Gasteiger partial charge in [0, 0.05) is 38.6 Å². The van der Waals surface area contributed by atoms with Crippen molar-refractivity contribution in [2.75, 3.05) is 31.1 Å². The van der Waals surface area contributed by atoms with Gasteiger partial charge in [-0.15, -0.1) is 0 Å². The number of hydrogen-bond donors (Lipinski definition) is 0. The second kappa shape index (κ2) is 7.34. The Labute approximate surface area is 142 Å². The van der Waals surface area contributed by atoms with Crippen molar-refractivity contribution < 1.29 is 9.53 Å². The molecule has 0 bridgehead atoms. The SMILES string of the molecule is CC(C)Oc1ccccc1N1CCN(C(=O)c2cccnc2)CC1. The Hall–Kier alpha value is -2.56. The van der Waals surface area contributed by atoms with Crippen LogP contribution in [0.1, 0.15) is 24.2 Å². The van der Waals surface area contributed by atoms with Gasteiger partial charge < -0.3 is 14.5 Å². The number of amides is 1. The molecule has 1 saturated heterocycles. The number of hydrogen-bond acceptors (Lipinski definition) is 4. The van der Waals surface area contributed by atoms with Crippen LogP contribution in [0.4, 0.5) is 5.69 Å². The van der Waals surface area contributed by atoms with Crippen LogP contribution in [0, 0.1) is 0 Å². The molecule has 0 saturated carbocycles. The summed E-state index contributed by atoms with van der Waals surface area (Å²) < 4.78 is 5.91. The van der Waals surface area contributed by atoms with Crippen LogP contribution < -0.4 is 9.64 Å². The topological polar surface area (TPSA) is 45.7 Å². The molecule has 0 unspecified atom stereocenters. The highest BCUT2D eigenvalue weighted by atomic mass is 16.5. The zero-order valence-corrected chi connectivity index (χ0v) is 14.2. The number of aromatic nitrogens is 1. The van der Waals surface area contributed by atoms with Crippen LogP contribution in [0.3, 0.4) is 0 Å². The van der Waals surface area contributed by atoms with Gasteiger partial charge in [0.15, 0.2) is 0 Å². The number of rotatable bonds is 4. The zero-order chi connectivity index (χ0) is 16.9. The van der Waals surface area contributed by atoms with Gasteiger partial charge in [-0.25, -0.2) is 0 Å². The third kappa shape index (κ3) is 3.67. The van der Waals surface area contributed by atoms with E-state index >= 15 is 0 Å². The Morgan fingerprint density at radius 3 is 2.50 bits per heavy atom. The van der Waals surface area contributed by atoms with Crippen LogP contribution in [-0.2, 0) is 0 Å². The van der Waals surface area contributed by atoms with Gasteiger partial charge in [0.2, 0.25) is 0 Å². The summed E-state index contributed by atoms with van der Waals surface area (Å²) in [5.41, 5.74) is 1.74. The lowest BCUT2D eigenvalue weighted by Crippen LogP contribution is -2.49. The van der Waals surface area contributed by atoms with Gasteiger partial charge >= 0.3 is 0 Å². The van der Waals surface area contributed by atoms with Crippen LogP contribution in [0.15, 0.2) is 48.8 Å². The van der Waals surface area contributed by atoms with Crippen molar-refractivity contribution in [3.8, 4) is 5.75 Å². The van der Waals surface area contributed by atoms with Crippen LogP contribution in [-0.4, -0.2) is 48.1 Å². The van der Waals surface area contributed by atoms with Gasteiger partial charge in [0.25, 0.3) is 5.91 Å². The lowest BCUT2D eigenvalue weighted by Gasteiger charge is -2.36. The minimum Gasteiger partial charge on any atom is -0.489 e. The number of ether oxygens (including phenoxy) is 1. The van der Waals surface area contributed by atoms with Crippen molar-refractivity contribution in [2.24, 2.45) is 0 Å². The molecule has 1 amide bonds. The van der Waals surface area contributed by atoms with Gasteiger partial charge in [-0.3, -0.25) is 9.78 Å². The number of piperazine rings is 1. The normalized spacial score (nSPS) is 14.8.